The molecule has 2 aromatic carbocycles. The molecule has 0 atom stereocenters. The van der Waals surface area contributed by atoms with Gasteiger partial charge in [-0.15, -0.1) is 0 Å². The summed E-state index contributed by atoms with van der Waals surface area (Å²) in [5.41, 5.74) is 1.62. The molecule has 8 heteroatoms. The predicted molar refractivity (Wildman–Crippen MR) is 120 cm³/mol. The molecule has 0 spiro atoms. The van der Waals surface area contributed by atoms with Gasteiger partial charge in [0.2, 0.25) is 5.95 Å². The number of hydrogen-bond acceptors (Lipinski definition) is 5. The first-order valence-electron chi connectivity index (χ1n) is 11.1. The smallest absolute Gasteiger partial charge is 0.258 e. The summed E-state index contributed by atoms with van der Waals surface area (Å²) in [7, 11) is 0. The van der Waals surface area contributed by atoms with Crippen molar-refractivity contribution in [3.63, 3.8) is 0 Å². The Morgan fingerprint density at radius 3 is 2.48 bits per heavy atom. The predicted octanol–water partition coefficient (Wildman–Crippen LogP) is 4.06. The third kappa shape index (κ3) is 4.71. The van der Waals surface area contributed by atoms with Gasteiger partial charge in [0.25, 0.3) is 5.91 Å². The molecule has 1 saturated carbocycles. The van der Waals surface area contributed by atoms with Crippen LogP contribution in [0.15, 0.2) is 54.7 Å². The molecule has 0 N–H and O–H groups in total. The van der Waals surface area contributed by atoms with Crippen molar-refractivity contribution in [2.45, 2.75) is 25.4 Å². The Hall–Kier alpha value is -3.39. The highest BCUT2D eigenvalue weighted by Crippen LogP contribution is 2.33. The minimum absolute atomic E-state index is 0.0925. The molecule has 6 nitrogen and oxygen atoms in total. The van der Waals surface area contributed by atoms with Crippen molar-refractivity contribution in [2.24, 2.45) is 0 Å². The largest absolute Gasteiger partial charge is 0.378 e. The molecule has 170 valence electrons. The standard InChI is InChI=1S/C25H24F2N4O2/c26-18-7-5-17(6-8-18)16-31(19-9-10-19)24(32)21-15-28-25(30-11-13-33-14-12-30)29-23(21)20-3-1-2-4-22(20)27/h1-8,15,19H,9-14,16H2. The van der Waals surface area contributed by atoms with Gasteiger partial charge >= 0.3 is 0 Å². The Morgan fingerprint density at radius 2 is 1.79 bits per heavy atom. The van der Waals surface area contributed by atoms with Crippen LogP contribution in [-0.4, -0.2) is 53.1 Å². The number of anilines is 1. The number of carbonyl (C=O) groups is 1. The SMILES string of the molecule is O=C(c1cnc(N2CCOCC2)nc1-c1ccccc1F)N(Cc1ccc(F)cc1)C1CC1. The molecule has 33 heavy (non-hydrogen) atoms. The van der Waals surface area contributed by atoms with Crippen LogP contribution < -0.4 is 4.90 Å². The van der Waals surface area contributed by atoms with Crippen LogP contribution in [0.3, 0.4) is 0 Å². The maximum absolute atomic E-state index is 14.8. The molecule has 0 bridgehead atoms. The molecule has 0 unspecified atom stereocenters. The van der Waals surface area contributed by atoms with E-state index < -0.39 is 5.82 Å². The fourth-order valence-corrected chi connectivity index (χ4v) is 4.00. The summed E-state index contributed by atoms with van der Waals surface area (Å²) in [4.78, 5) is 26.5. The number of hydrogen-bond donors (Lipinski definition) is 0. The molecule has 1 amide bonds. The second-order valence-corrected chi connectivity index (χ2v) is 8.30. The number of aromatic nitrogens is 2. The Kier molecular flexibility index (Phi) is 6.00. The lowest BCUT2D eigenvalue weighted by Gasteiger charge is -2.28. The summed E-state index contributed by atoms with van der Waals surface area (Å²) in [5.74, 6) is -0.579. The van der Waals surface area contributed by atoms with E-state index in [2.05, 4.69) is 9.97 Å². The van der Waals surface area contributed by atoms with Crippen molar-refractivity contribution in [2.75, 3.05) is 31.2 Å². The van der Waals surface area contributed by atoms with Gasteiger partial charge in [-0.05, 0) is 42.7 Å². The fourth-order valence-electron chi connectivity index (χ4n) is 4.00. The van der Waals surface area contributed by atoms with Crippen LogP contribution in [0.4, 0.5) is 14.7 Å². The second kappa shape index (κ2) is 9.23. The summed E-state index contributed by atoms with van der Waals surface area (Å²) in [5, 5.41) is 0. The Morgan fingerprint density at radius 1 is 1.06 bits per heavy atom. The quantitative estimate of drug-likeness (QED) is 0.567. The van der Waals surface area contributed by atoms with E-state index in [0.717, 1.165) is 18.4 Å². The van der Waals surface area contributed by atoms with Crippen LogP contribution in [0, 0.1) is 11.6 Å². The molecule has 2 heterocycles. The number of morpholine rings is 1. The van der Waals surface area contributed by atoms with E-state index in [-0.39, 0.29) is 34.6 Å². The number of rotatable bonds is 6. The van der Waals surface area contributed by atoms with Crippen LogP contribution in [0.1, 0.15) is 28.8 Å². The van der Waals surface area contributed by atoms with Gasteiger partial charge in [0.1, 0.15) is 11.6 Å². The zero-order valence-corrected chi connectivity index (χ0v) is 18.1. The highest BCUT2D eigenvalue weighted by atomic mass is 19.1. The number of nitrogens with zero attached hydrogens (tertiary/aromatic N) is 4. The second-order valence-electron chi connectivity index (χ2n) is 8.30. The lowest BCUT2D eigenvalue weighted by atomic mass is 10.0. The molecule has 3 aromatic rings. The molecule has 2 fully saturated rings. The third-order valence-corrected chi connectivity index (χ3v) is 5.94. The lowest BCUT2D eigenvalue weighted by Crippen LogP contribution is -2.38. The Balaban J connectivity index is 1.53. The Labute approximate surface area is 190 Å². The highest BCUT2D eigenvalue weighted by Gasteiger charge is 2.35. The minimum atomic E-state index is -0.449. The van der Waals surface area contributed by atoms with Crippen LogP contribution in [-0.2, 0) is 11.3 Å². The van der Waals surface area contributed by atoms with Crippen LogP contribution >= 0.6 is 0 Å². The average Bonchev–Trinajstić information content (AvgIpc) is 3.69. The maximum atomic E-state index is 14.8. The first-order chi connectivity index (χ1) is 16.1. The summed E-state index contributed by atoms with van der Waals surface area (Å²) in [6.45, 7) is 2.72. The first kappa shape index (κ1) is 21.5. The molecule has 5 rings (SSSR count). The number of halogens is 2. The average molecular weight is 450 g/mol. The molecule has 1 saturated heterocycles. The van der Waals surface area contributed by atoms with Crippen molar-refractivity contribution in [1.29, 1.82) is 0 Å². The topological polar surface area (TPSA) is 58.6 Å². The molecular formula is C25H24F2N4O2. The molecular weight excluding hydrogens is 426 g/mol. The number of ether oxygens (including phenoxy) is 1. The van der Waals surface area contributed by atoms with Crippen molar-refractivity contribution in [3.8, 4) is 11.3 Å². The van der Waals surface area contributed by atoms with E-state index in [0.29, 0.717) is 38.8 Å². The van der Waals surface area contributed by atoms with Gasteiger partial charge in [-0.25, -0.2) is 18.7 Å². The van der Waals surface area contributed by atoms with Gasteiger partial charge in [0.15, 0.2) is 0 Å². The summed E-state index contributed by atoms with van der Waals surface area (Å²) in [6.07, 6.45) is 3.30. The van der Waals surface area contributed by atoms with Crippen LogP contribution in [0.5, 0.6) is 0 Å². The monoisotopic (exact) mass is 450 g/mol. The molecule has 1 aromatic heterocycles. The van der Waals surface area contributed by atoms with Gasteiger partial charge in [-0.1, -0.05) is 24.3 Å². The van der Waals surface area contributed by atoms with Gasteiger partial charge in [-0.3, -0.25) is 4.79 Å². The van der Waals surface area contributed by atoms with Gasteiger partial charge in [-0.2, -0.15) is 0 Å². The van der Waals surface area contributed by atoms with Gasteiger partial charge in [0.05, 0.1) is 24.5 Å². The highest BCUT2D eigenvalue weighted by molar-refractivity contribution is 6.00. The zero-order valence-electron chi connectivity index (χ0n) is 18.1. The molecule has 0 radical (unpaired) electrons. The van der Waals surface area contributed by atoms with E-state index in [4.69, 9.17) is 4.74 Å². The fraction of sp³-hybridized carbons (Fsp3) is 0.320. The summed E-state index contributed by atoms with van der Waals surface area (Å²) < 4.78 is 33.5. The van der Waals surface area contributed by atoms with E-state index in [9.17, 15) is 13.6 Å². The van der Waals surface area contributed by atoms with Crippen molar-refractivity contribution in [1.82, 2.24) is 14.9 Å². The van der Waals surface area contributed by atoms with E-state index in [1.165, 1.54) is 24.4 Å². The number of benzene rings is 2. The molecule has 1 aliphatic carbocycles. The maximum Gasteiger partial charge on any atom is 0.258 e. The van der Waals surface area contributed by atoms with Crippen molar-refractivity contribution in [3.05, 3.63) is 77.5 Å². The van der Waals surface area contributed by atoms with Gasteiger partial charge in [0, 0.05) is 37.4 Å². The molecule has 1 aliphatic heterocycles. The van der Waals surface area contributed by atoms with Crippen LogP contribution in [0.2, 0.25) is 0 Å². The summed E-state index contributed by atoms with van der Waals surface area (Å²) >= 11 is 0. The van der Waals surface area contributed by atoms with E-state index in [1.54, 1.807) is 35.2 Å². The van der Waals surface area contributed by atoms with Crippen LogP contribution in [0.25, 0.3) is 11.3 Å². The van der Waals surface area contributed by atoms with Crippen molar-refractivity contribution >= 4 is 11.9 Å². The molecule has 2 aliphatic rings. The van der Waals surface area contributed by atoms with Gasteiger partial charge < -0.3 is 14.5 Å². The lowest BCUT2D eigenvalue weighted by molar-refractivity contribution is 0.0730. The Bertz CT molecular complexity index is 1150. The van der Waals surface area contributed by atoms with E-state index >= 15 is 0 Å². The normalized spacial score (nSPS) is 16.0. The zero-order chi connectivity index (χ0) is 22.8. The van der Waals surface area contributed by atoms with E-state index in [1.807, 2.05) is 4.90 Å². The number of amides is 1. The third-order valence-electron chi connectivity index (χ3n) is 5.94. The summed E-state index contributed by atoms with van der Waals surface area (Å²) in [6, 6.07) is 12.5. The minimum Gasteiger partial charge on any atom is -0.378 e. The first-order valence-corrected chi connectivity index (χ1v) is 11.1. The number of carbonyl (C=O) groups excluding carboxylic acids is 1. The van der Waals surface area contributed by atoms with Crippen molar-refractivity contribution < 1.29 is 18.3 Å².